The van der Waals surface area contributed by atoms with Crippen LogP contribution >= 0.6 is 0 Å². The van der Waals surface area contributed by atoms with E-state index >= 15 is 0 Å². The molecule has 1 amide bonds. The van der Waals surface area contributed by atoms with Gasteiger partial charge in [0, 0.05) is 36.2 Å². The molecule has 0 aromatic carbocycles. The number of aromatic amines is 1. The summed E-state index contributed by atoms with van der Waals surface area (Å²) < 4.78 is 1.57. The molecule has 3 heterocycles. The summed E-state index contributed by atoms with van der Waals surface area (Å²) in [6, 6.07) is 1.89. The van der Waals surface area contributed by atoms with Crippen LogP contribution in [-0.4, -0.2) is 42.0 Å². The van der Waals surface area contributed by atoms with Gasteiger partial charge in [-0.15, -0.1) is 5.10 Å². The monoisotopic (exact) mass is 285 g/mol. The van der Waals surface area contributed by atoms with E-state index in [9.17, 15) is 4.79 Å². The normalized spacial score (nSPS) is 11.0. The zero-order valence-electron chi connectivity index (χ0n) is 11.8. The third kappa shape index (κ3) is 2.73. The maximum Gasteiger partial charge on any atom is 0.291 e. The summed E-state index contributed by atoms with van der Waals surface area (Å²) in [5.41, 5.74) is 2.70. The van der Waals surface area contributed by atoms with E-state index in [-0.39, 0.29) is 11.7 Å². The average Bonchev–Trinajstić information content (AvgIpc) is 3.07. The highest BCUT2D eigenvalue weighted by molar-refractivity contribution is 5.90. The van der Waals surface area contributed by atoms with Crippen LogP contribution in [-0.2, 0) is 6.42 Å². The minimum atomic E-state index is -0.308. The van der Waals surface area contributed by atoms with Gasteiger partial charge in [-0.2, -0.15) is 4.98 Å². The predicted octanol–water partition coefficient (Wildman–Crippen LogP) is 0.437. The lowest BCUT2D eigenvalue weighted by molar-refractivity contribution is 0.0944. The number of hydrogen-bond acceptors (Lipinski definition) is 5. The molecule has 3 aromatic heterocycles. The van der Waals surface area contributed by atoms with Crippen LogP contribution in [0.4, 0.5) is 0 Å². The molecule has 2 N–H and O–H groups in total. The second kappa shape index (κ2) is 5.31. The Hall–Kier alpha value is -2.77. The molecule has 0 bridgehead atoms. The van der Waals surface area contributed by atoms with Crippen molar-refractivity contribution in [1.29, 1.82) is 0 Å². The summed E-state index contributed by atoms with van der Waals surface area (Å²) in [7, 11) is 0. The number of nitrogens with one attached hydrogen (secondary N) is 2. The number of amides is 1. The van der Waals surface area contributed by atoms with Crippen molar-refractivity contribution in [3.63, 3.8) is 0 Å². The van der Waals surface area contributed by atoms with Crippen molar-refractivity contribution in [2.75, 3.05) is 6.54 Å². The summed E-state index contributed by atoms with van der Waals surface area (Å²) >= 11 is 0. The Labute approximate surface area is 120 Å². The first-order chi connectivity index (χ1) is 10.1. The standard InChI is InChI=1S/C13H15N7O/c1-8-5-9(2)20-13(17-8)18-11(19-20)12(21)15-4-3-10-6-14-7-16-10/h5-7H,3-4H2,1-2H3,(H,14,16)(H,15,21). The molecule has 0 unspecified atom stereocenters. The third-order valence-corrected chi connectivity index (χ3v) is 3.06. The van der Waals surface area contributed by atoms with Gasteiger partial charge in [0.25, 0.3) is 11.7 Å². The molecule has 0 saturated heterocycles. The molecule has 0 radical (unpaired) electrons. The molecule has 3 rings (SSSR count). The van der Waals surface area contributed by atoms with Gasteiger partial charge in [0.2, 0.25) is 5.82 Å². The van der Waals surface area contributed by atoms with E-state index in [1.54, 1.807) is 17.0 Å². The van der Waals surface area contributed by atoms with Crippen LogP contribution in [0.25, 0.3) is 5.78 Å². The molecular weight excluding hydrogens is 270 g/mol. The predicted molar refractivity (Wildman–Crippen MR) is 74.9 cm³/mol. The SMILES string of the molecule is Cc1cc(C)n2nc(C(=O)NCCc3cnc[nH]3)nc2n1. The Kier molecular flexibility index (Phi) is 3.35. The van der Waals surface area contributed by atoms with Gasteiger partial charge in [-0.05, 0) is 19.9 Å². The Morgan fingerprint density at radius 2 is 2.24 bits per heavy atom. The smallest absolute Gasteiger partial charge is 0.291 e. The van der Waals surface area contributed by atoms with E-state index in [0.29, 0.717) is 18.7 Å². The van der Waals surface area contributed by atoms with E-state index in [2.05, 4.69) is 30.4 Å². The largest absolute Gasteiger partial charge is 0.349 e. The van der Waals surface area contributed by atoms with Crippen molar-refractivity contribution in [3.05, 3.63) is 41.5 Å². The van der Waals surface area contributed by atoms with E-state index < -0.39 is 0 Å². The molecule has 0 saturated carbocycles. The van der Waals surface area contributed by atoms with Crippen molar-refractivity contribution < 1.29 is 4.79 Å². The van der Waals surface area contributed by atoms with Gasteiger partial charge in [-0.3, -0.25) is 4.79 Å². The molecule has 21 heavy (non-hydrogen) atoms. The zero-order valence-corrected chi connectivity index (χ0v) is 11.8. The summed E-state index contributed by atoms with van der Waals surface area (Å²) in [4.78, 5) is 27.3. The maximum absolute atomic E-state index is 12.0. The van der Waals surface area contributed by atoms with Gasteiger partial charge < -0.3 is 10.3 Å². The zero-order chi connectivity index (χ0) is 14.8. The van der Waals surface area contributed by atoms with Gasteiger partial charge in [-0.1, -0.05) is 0 Å². The van der Waals surface area contributed by atoms with Gasteiger partial charge in [0.1, 0.15) is 0 Å². The molecule has 3 aromatic rings. The van der Waals surface area contributed by atoms with Gasteiger partial charge in [0.15, 0.2) is 0 Å². The number of imidazole rings is 1. The number of carbonyl (C=O) groups excluding carboxylic acids is 1. The molecule has 0 aliphatic rings. The average molecular weight is 285 g/mol. The number of rotatable bonds is 4. The summed E-state index contributed by atoms with van der Waals surface area (Å²) in [5.74, 6) is 0.254. The minimum absolute atomic E-state index is 0.126. The molecule has 0 spiro atoms. The number of aromatic nitrogens is 6. The van der Waals surface area contributed by atoms with E-state index in [0.717, 1.165) is 17.1 Å². The van der Waals surface area contributed by atoms with Gasteiger partial charge in [-0.25, -0.2) is 14.5 Å². The number of carbonyl (C=O) groups is 1. The fraction of sp³-hybridized carbons (Fsp3) is 0.308. The van der Waals surface area contributed by atoms with Crippen LogP contribution in [0.3, 0.4) is 0 Å². The number of aryl methyl sites for hydroxylation is 2. The lowest BCUT2D eigenvalue weighted by Crippen LogP contribution is -2.26. The Bertz CT molecular complexity index is 775. The summed E-state index contributed by atoms with van der Waals surface area (Å²) in [6.07, 6.45) is 4.01. The van der Waals surface area contributed by atoms with Gasteiger partial charge in [0.05, 0.1) is 6.33 Å². The van der Waals surface area contributed by atoms with Gasteiger partial charge >= 0.3 is 0 Å². The van der Waals surface area contributed by atoms with Crippen LogP contribution in [0.5, 0.6) is 0 Å². The first-order valence-corrected chi connectivity index (χ1v) is 6.60. The number of nitrogens with zero attached hydrogens (tertiary/aromatic N) is 5. The fourth-order valence-corrected chi connectivity index (χ4v) is 2.07. The van der Waals surface area contributed by atoms with Crippen molar-refractivity contribution in [1.82, 2.24) is 34.9 Å². The lowest BCUT2D eigenvalue weighted by Gasteiger charge is -2.00. The minimum Gasteiger partial charge on any atom is -0.349 e. The van der Waals surface area contributed by atoms with Crippen LogP contribution in [0.15, 0.2) is 18.6 Å². The molecule has 0 aliphatic heterocycles. The second-order valence-corrected chi connectivity index (χ2v) is 4.77. The van der Waals surface area contributed by atoms with E-state index in [4.69, 9.17) is 0 Å². The van der Waals surface area contributed by atoms with Crippen LogP contribution in [0.2, 0.25) is 0 Å². The van der Waals surface area contributed by atoms with Crippen LogP contribution < -0.4 is 5.32 Å². The maximum atomic E-state index is 12.0. The highest BCUT2D eigenvalue weighted by atomic mass is 16.2. The second-order valence-electron chi connectivity index (χ2n) is 4.77. The first kappa shape index (κ1) is 13.2. The highest BCUT2D eigenvalue weighted by Gasteiger charge is 2.14. The van der Waals surface area contributed by atoms with Crippen LogP contribution in [0, 0.1) is 13.8 Å². The van der Waals surface area contributed by atoms with Crippen molar-refractivity contribution in [2.24, 2.45) is 0 Å². The molecule has 0 atom stereocenters. The Morgan fingerprint density at radius 3 is 3.00 bits per heavy atom. The molecule has 8 heteroatoms. The quantitative estimate of drug-likeness (QED) is 0.724. The lowest BCUT2D eigenvalue weighted by atomic mass is 10.3. The molecular formula is C13H15N7O. The van der Waals surface area contributed by atoms with E-state index in [1.807, 2.05) is 19.9 Å². The summed E-state index contributed by atoms with van der Waals surface area (Å²) in [5, 5.41) is 6.96. The first-order valence-electron chi connectivity index (χ1n) is 6.60. The molecule has 0 fully saturated rings. The van der Waals surface area contributed by atoms with Crippen molar-refractivity contribution in [2.45, 2.75) is 20.3 Å². The third-order valence-electron chi connectivity index (χ3n) is 3.06. The molecule has 108 valence electrons. The van der Waals surface area contributed by atoms with Crippen molar-refractivity contribution >= 4 is 11.7 Å². The molecule has 0 aliphatic carbocycles. The topological polar surface area (TPSA) is 101 Å². The number of fused-ring (bicyclic) bond motifs is 1. The Balaban J connectivity index is 1.71. The highest BCUT2D eigenvalue weighted by Crippen LogP contribution is 2.05. The molecule has 8 nitrogen and oxygen atoms in total. The Morgan fingerprint density at radius 1 is 1.38 bits per heavy atom. The fourth-order valence-electron chi connectivity index (χ4n) is 2.07. The van der Waals surface area contributed by atoms with Crippen molar-refractivity contribution in [3.8, 4) is 0 Å². The van der Waals surface area contributed by atoms with E-state index in [1.165, 1.54) is 0 Å². The number of H-pyrrole nitrogens is 1. The summed E-state index contributed by atoms with van der Waals surface area (Å²) in [6.45, 7) is 4.27. The van der Waals surface area contributed by atoms with Crippen LogP contribution in [0.1, 0.15) is 27.7 Å². The number of hydrogen-bond donors (Lipinski definition) is 2.